The van der Waals surface area contributed by atoms with E-state index in [4.69, 9.17) is 9.51 Å². The fraction of sp³-hybridized carbons (Fsp3) is 0.500. The highest BCUT2D eigenvalue weighted by molar-refractivity contribution is 7.98. The third-order valence-corrected chi connectivity index (χ3v) is 7.07. The van der Waals surface area contributed by atoms with Gasteiger partial charge in [0, 0.05) is 22.7 Å². The maximum Gasteiger partial charge on any atom is 0.263 e. The summed E-state index contributed by atoms with van der Waals surface area (Å²) >= 11 is 3.30. The number of thiophene rings is 1. The normalized spacial score (nSPS) is 14.2. The summed E-state index contributed by atoms with van der Waals surface area (Å²) < 4.78 is 7.05. The van der Waals surface area contributed by atoms with Gasteiger partial charge in [0.1, 0.15) is 10.6 Å². The van der Waals surface area contributed by atoms with Gasteiger partial charge < -0.3 is 4.52 Å². The van der Waals surface area contributed by atoms with E-state index in [0.717, 1.165) is 45.2 Å². The van der Waals surface area contributed by atoms with Gasteiger partial charge in [0.25, 0.3) is 5.56 Å². The summed E-state index contributed by atoms with van der Waals surface area (Å²) in [6.45, 7) is 6.51. The van der Waals surface area contributed by atoms with Gasteiger partial charge in [-0.2, -0.15) is 0 Å². The second kappa shape index (κ2) is 6.61. The van der Waals surface area contributed by atoms with Crippen LogP contribution in [-0.4, -0.2) is 14.7 Å². The van der Waals surface area contributed by atoms with Gasteiger partial charge in [-0.05, 0) is 52.0 Å². The zero-order valence-corrected chi connectivity index (χ0v) is 16.4. The quantitative estimate of drug-likeness (QED) is 0.504. The summed E-state index contributed by atoms with van der Waals surface area (Å²) in [6, 6.07) is 0. The Morgan fingerprint density at radius 2 is 2.08 bits per heavy atom. The lowest BCUT2D eigenvalue weighted by atomic mass is 9.97. The number of hydrogen-bond acceptors (Lipinski definition) is 6. The SMILES string of the molecule is CCn1c(SCc2c(C)noc2C)nc2sc3c(c2c1=O)CCCC3. The Kier molecular flexibility index (Phi) is 4.45. The number of fused-ring (bicyclic) bond motifs is 3. The number of thioether (sulfide) groups is 1. The molecule has 7 heteroatoms. The lowest BCUT2D eigenvalue weighted by molar-refractivity contribution is 0.392. The molecule has 0 saturated heterocycles. The first-order valence-corrected chi connectivity index (χ1v) is 10.5. The van der Waals surface area contributed by atoms with Crippen molar-refractivity contribution in [2.24, 2.45) is 0 Å². The van der Waals surface area contributed by atoms with Gasteiger partial charge in [-0.15, -0.1) is 11.3 Å². The van der Waals surface area contributed by atoms with E-state index in [0.29, 0.717) is 12.3 Å². The third kappa shape index (κ3) is 2.83. The maximum atomic E-state index is 13.1. The monoisotopic (exact) mass is 375 g/mol. The molecule has 1 aliphatic carbocycles. The van der Waals surface area contributed by atoms with Gasteiger partial charge in [-0.25, -0.2) is 4.98 Å². The number of nitrogens with zero attached hydrogens (tertiary/aromatic N) is 3. The van der Waals surface area contributed by atoms with Gasteiger partial charge in [0.05, 0.1) is 11.1 Å². The second-order valence-electron chi connectivity index (χ2n) is 6.43. The standard InChI is InChI=1S/C18H21N3O2S2/c1-4-21-17(22)15-12-7-5-6-8-14(12)25-16(15)19-18(21)24-9-13-10(2)20-23-11(13)3/h4-9H2,1-3H3. The predicted molar refractivity (Wildman–Crippen MR) is 102 cm³/mol. The molecule has 0 aliphatic heterocycles. The molecule has 0 N–H and O–H groups in total. The van der Waals surface area contributed by atoms with Crippen molar-refractivity contribution in [2.75, 3.05) is 0 Å². The Morgan fingerprint density at radius 3 is 2.80 bits per heavy atom. The van der Waals surface area contributed by atoms with Crippen molar-refractivity contribution in [1.82, 2.24) is 14.7 Å². The predicted octanol–water partition coefficient (Wildman–Crippen LogP) is 4.25. The van der Waals surface area contributed by atoms with Crippen LogP contribution in [0.4, 0.5) is 0 Å². The number of aryl methyl sites for hydroxylation is 4. The Balaban J connectivity index is 1.77. The van der Waals surface area contributed by atoms with Crippen LogP contribution in [0.25, 0.3) is 10.2 Å². The fourth-order valence-corrected chi connectivity index (χ4v) is 5.97. The first-order valence-electron chi connectivity index (χ1n) is 8.69. The summed E-state index contributed by atoms with van der Waals surface area (Å²) in [7, 11) is 0. The van der Waals surface area contributed by atoms with Crippen LogP contribution >= 0.6 is 23.1 Å². The molecule has 3 aromatic heterocycles. The zero-order chi connectivity index (χ0) is 17.6. The van der Waals surface area contributed by atoms with E-state index >= 15 is 0 Å². The number of aromatic nitrogens is 3. The lowest BCUT2D eigenvalue weighted by Crippen LogP contribution is -2.23. The summed E-state index contributed by atoms with van der Waals surface area (Å²) in [5.41, 5.74) is 3.37. The third-order valence-electron chi connectivity index (χ3n) is 4.88. The number of rotatable bonds is 4. The van der Waals surface area contributed by atoms with Crippen LogP contribution in [0.5, 0.6) is 0 Å². The average molecular weight is 376 g/mol. The van der Waals surface area contributed by atoms with Crippen molar-refractivity contribution in [3.05, 3.63) is 37.8 Å². The number of hydrogen-bond donors (Lipinski definition) is 0. The summed E-state index contributed by atoms with van der Waals surface area (Å²) in [6.07, 6.45) is 4.49. The molecule has 3 heterocycles. The van der Waals surface area contributed by atoms with Crippen LogP contribution in [-0.2, 0) is 25.1 Å². The summed E-state index contributed by atoms with van der Waals surface area (Å²) in [5, 5.41) is 5.66. The molecule has 25 heavy (non-hydrogen) atoms. The van der Waals surface area contributed by atoms with Gasteiger partial charge in [0.2, 0.25) is 0 Å². The molecule has 0 unspecified atom stereocenters. The van der Waals surface area contributed by atoms with Crippen LogP contribution in [0.3, 0.4) is 0 Å². The van der Waals surface area contributed by atoms with E-state index < -0.39 is 0 Å². The smallest absolute Gasteiger partial charge is 0.263 e. The summed E-state index contributed by atoms with van der Waals surface area (Å²) in [4.78, 5) is 20.2. The van der Waals surface area contributed by atoms with E-state index in [1.165, 1.54) is 23.3 Å². The molecule has 3 aromatic rings. The van der Waals surface area contributed by atoms with E-state index in [1.807, 2.05) is 25.3 Å². The first-order chi connectivity index (χ1) is 12.1. The molecule has 0 saturated carbocycles. The average Bonchev–Trinajstić information content (AvgIpc) is 3.13. The first kappa shape index (κ1) is 16.8. The van der Waals surface area contributed by atoms with Crippen LogP contribution < -0.4 is 5.56 Å². The lowest BCUT2D eigenvalue weighted by Gasteiger charge is -2.12. The van der Waals surface area contributed by atoms with Crippen LogP contribution in [0.2, 0.25) is 0 Å². The molecule has 0 aromatic carbocycles. The van der Waals surface area contributed by atoms with Crippen LogP contribution in [0.1, 0.15) is 47.2 Å². The highest BCUT2D eigenvalue weighted by Crippen LogP contribution is 2.35. The molecule has 5 nitrogen and oxygen atoms in total. The molecule has 0 fully saturated rings. The maximum absolute atomic E-state index is 13.1. The van der Waals surface area contributed by atoms with Crippen molar-refractivity contribution in [1.29, 1.82) is 0 Å². The van der Waals surface area contributed by atoms with E-state index in [-0.39, 0.29) is 5.56 Å². The minimum absolute atomic E-state index is 0.119. The van der Waals surface area contributed by atoms with Crippen LogP contribution in [0, 0.1) is 13.8 Å². The highest BCUT2D eigenvalue weighted by Gasteiger charge is 2.22. The molecule has 0 atom stereocenters. The van der Waals surface area contributed by atoms with Crippen molar-refractivity contribution in [3.8, 4) is 0 Å². The Labute approximate surface area is 154 Å². The van der Waals surface area contributed by atoms with Crippen molar-refractivity contribution >= 4 is 33.3 Å². The second-order valence-corrected chi connectivity index (χ2v) is 8.45. The Morgan fingerprint density at radius 1 is 1.28 bits per heavy atom. The molecule has 132 valence electrons. The van der Waals surface area contributed by atoms with Gasteiger partial charge in [-0.1, -0.05) is 16.9 Å². The molecule has 0 bridgehead atoms. The molecule has 0 amide bonds. The molecular formula is C18H21N3O2S2. The molecular weight excluding hydrogens is 354 g/mol. The molecule has 0 radical (unpaired) electrons. The Hall–Kier alpha value is -1.60. The van der Waals surface area contributed by atoms with Crippen molar-refractivity contribution in [2.45, 2.75) is 63.9 Å². The van der Waals surface area contributed by atoms with E-state index in [2.05, 4.69) is 5.16 Å². The van der Waals surface area contributed by atoms with E-state index in [1.54, 1.807) is 23.1 Å². The largest absolute Gasteiger partial charge is 0.361 e. The van der Waals surface area contributed by atoms with Gasteiger partial charge >= 0.3 is 0 Å². The minimum Gasteiger partial charge on any atom is -0.361 e. The zero-order valence-electron chi connectivity index (χ0n) is 14.7. The topological polar surface area (TPSA) is 60.9 Å². The van der Waals surface area contributed by atoms with Crippen molar-refractivity contribution in [3.63, 3.8) is 0 Å². The fourth-order valence-electron chi connectivity index (χ4n) is 3.45. The molecule has 0 spiro atoms. The van der Waals surface area contributed by atoms with Crippen molar-refractivity contribution < 1.29 is 4.52 Å². The van der Waals surface area contributed by atoms with Crippen LogP contribution in [0.15, 0.2) is 14.5 Å². The van der Waals surface area contributed by atoms with E-state index in [9.17, 15) is 4.79 Å². The highest BCUT2D eigenvalue weighted by atomic mass is 32.2. The van der Waals surface area contributed by atoms with Gasteiger partial charge in [0.15, 0.2) is 5.16 Å². The molecule has 1 aliphatic rings. The van der Waals surface area contributed by atoms with Gasteiger partial charge in [-0.3, -0.25) is 9.36 Å². The molecule has 4 rings (SSSR count). The minimum atomic E-state index is 0.119. The summed E-state index contributed by atoms with van der Waals surface area (Å²) in [5.74, 6) is 1.55. The Bertz CT molecular complexity index is 981.